The van der Waals surface area contributed by atoms with Gasteiger partial charge in [-0.05, 0) is 12.1 Å². The largest absolute Gasteiger partial charge is 1.00 e. The Morgan fingerprint density at radius 1 is 0.500 bits per heavy atom. The quantitative estimate of drug-likeness (QED) is 0.292. The molecule has 94 valence electrons. The number of hydrogen-bond acceptors (Lipinski definition) is 8. The minimum atomic E-state index is -2.00. The molecule has 1 aromatic rings. The number of carboxylic acids is 4. The number of hydrogen-bond donors (Lipinski definition) is 0. The van der Waals surface area contributed by atoms with Crippen molar-refractivity contribution >= 4 is 23.9 Å². The maximum Gasteiger partial charge on any atom is 1.00 e. The van der Waals surface area contributed by atoms with E-state index in [9.17, 15) is 39.6 Å². The van der Waals surface area contributed by atoms with E-state index in [1.54, 1.807) is 0 Å². The van der Waals surface area contributed by atoms with E-state index in [1.165, 1.54) is 0 Å². The summed E-state index contributed by atoms with van der Waals surface area (Å²) in [5.41, 5.74) is -4.11. The first-order valence-corrected chi connectivity index (χ1v) is 4.29. The van der Waals surface area contributed by atoms with Crippen molar-refractivity contribution in [3.63, 3.8) is 0 Å². The van der Waals surface area contributed by atoms with E-state index < -0.39 is 46.1 Å². The van der Waals surface area contributed by atoms with Crippen LogP contribution in [0.2, 0.25) is 0 Å². The molecular weight excluding hydrogens is 780 g/mol. The first-order valence-electron chi connectivity index (χ1n) is 4.29. The number of carbonyl (C=O) groups excluding carboxylic acids is 4. The van der Waals surface area contributed by atoms with E-state index in [1.807, 2.05) is 0 Å². The zero-order chi connectivity index (χ0) is 14.0. The third kappa shape index (κ3) is 10.7. The third-order valence-corrected chi connectivity index (χ3v) is 2.04. The molecule has 0 spiro atoms. The maximum atomic E-state index is 10.6. The SMILES string of the molecule is O=C([O-])c1cc(C(=O)[O-])c(C(=O)[O-])cc1C(=O)[O-].[Cs+].[Cs+].[Cs+].[Cs+]. The summed E-state index contributed by atoms with van der Waals surface area (Å²) < 4.78 is 0. The summed E-state index contributed by atoms with van der Waals surface area (Å²) >= 11 is 0. The van der Waals surface area contributed by atoms with Gasteiger partial charge in [-0.15, -0.1) is 0 Å². The Morgan fingerprint density at radius 3 is 0.727 bits per heavy atom. The topological polar surface area (TPSA) is 161 Å². The van der Waals surface area contributed by atoms with E-state index in [0.717, 1.165) is 0 Å². The van der Waals surface area contributed by atoms with Crippen molar-refractivity contribution in [2.45, 2.75) is 0 Å². The number of carbonyl (C=O) groups is 4. The van der Waals surface area contributed by atoms with Crippen molar-refractivity contribution in [2.24, 2.45) is 0 Å². The summed E-state index contributed by atoms with van der Waals surface area (Å²) in [6, 6.07) is 0.613. The van der Waals surface area contributed by atoms with Crippen molar-refractivity contribution in [2.75, 3.05) is 0 Å². The second-order valence-electron chi connectivity index (χ2n) is 3.09. The monoisotopic (exact) mass is 782 g/mol. The molecule has 0 heterocycles. The summed E-state index contributed by atoms with van der Waals surface area (Å²) in [7, 11) is 0. The molecule has 0 saturated carbocycles. The molecule has 0 bridgehead atoms. The van der Waals surface area contributed by atoms with Gasteiger partial charge in [0.2, 0.25) is 0 Å². The van der Waals surface area contributed by atoms with Crippen LogP contribution in [0.15, 0.2) is 12.1 Å². The zero-order valence-electron chi connectivity index (χ0n) is 12.4. The molecule has 0 N–H and O–H groups in total. The van der Waals surface area contributed by atoms with Crippen LogP contribution in [-0.4, -0.2) is 23.9 Å². The summed E-state index contributed by atoms with van der Waals surface area (Å²) in [6.07, 6.45) is 0. The van der Waals surface area contributed by atoms with Gasteiger partial charge in [0, 0.05) is 22.3 Å². The van der Waals surface area contributed by atoms with Crippen molar-refractivity contribution in [3.8, 4) is 0 Å². The Morgan fingerprint density at radius 2 is 0.636 bits per heavy atom. The zero-order valence-corrected chi connectivity index (χ0v) is 37.5. The molecule has 8 nitrogen and oxygen atoms in total. The summed E-state index contributed by atoms with van der Waals surface area (Å²) in [5, 5.41) is 42.4. The van der Waals surface area contributed by atoms with Crippen LogP contribution in [0.3, 0.4) is 0 Å². The van der Waals surface area contributed by atoms with Gasteiger partial charge in [-0.2, -0.15) is 0 Å². The van der Waals surface area contributed by atoms with Gasteiger partial charge >= 0.3 is 276 Å². The minimum absolute atomic E-state index is 0. The van der Waals surface area contributed by atoms with Crippen molar-refractivity contribution in [1.82, 2.24) is 0 Å². The van der Waals surface area contributed by atoms with Gasteiger partial charge < -0.3 is 39.6 Å². The number of rotatable bonds is 4. The Labute approximate surface area is 360 Å². The second kappa shape index (κ2) is 17.2. The smallest absolute Gasteiger partial charge is 0.545 e. The van der Waals surface area contributed by atoms with Crippen molar-refractivity contribution < 1.29 is 315 Å². The van der Waals surface area contributed by atoms with Gasteiger partial charge in [-0.1, -0.05) is 0 Å². The summed E-state index contributed by atoms with van der Waals surface area (Å²) in [6.45, 7) is 0. The Balaban J connectivity index is -0.000000405. The van der Waals surface area contributed by atoms with Gasteiger partial charge in [0.15, 0.2) is 0 Å². The van der Waals surface area contributed by atoms with Gasteiger partial charge in [0.25, 0.3) is 0 Å². The maximum absolute atomic E-state index is 10.6. The molecule has 0 aliphatic heterocycles. The predicted octanol–water partition coefficient (Wildman–Crippen LogP) is -16.8. The molecular formula is C10H2Cs4O8. The van der Waals surface area contributed by atoms with Gasteiger partial charge in [0.05, 0.1) is 23.9 Å². The van der Waals surface area contributed by atoms with Crippen LogP contribution in [0, 0.1) is 0 Å². The fraction of sp³-hybridized carbons (Fsp3) is 0. The van der Waals surface area contributed by atoms with Crippen LogP contribution < -0.4 is 296 Å². The molecule has 0 aromatic heterocycles. The predicted molar refractivity (Wildman–Crippen MR) is 43.8 cm³/mol. The third-order valence-electron chi connectivity index (χ3n) is 2.04. The van der Waals surface area contributed by atoms with Crippen LogP contribution in [0.4, 0.5) is 0 Å². The van der Waals surface area contributed by atoms with Crippen LogP contribution in [0.25, 0.3) is 0 Å². The Hall–Kier alpha value is 5.31. The molecule has 0 radical (unpaired) electrons. The molecule has 1 rings (SSSR count). The van der Waals surface area contributed by atoms with Gasteiger partial charge in [-0.3, -0.25) is 0 Å². The fourth-order valence-corrected chi connectivity index (χ4v) is 1.28. The van der Waals surface area contributed by atoms with Crippen molar-refractivity contribution in [3.05, 3.63) is 34.4 Å². The van der Waals surface area contributed by atoms with E-state index in [0.29, 0.717) is 12.1 Å². The number of benzene rings is 1. The Kier molecular flexibility index (Phi) is 27.2. The van der Waals surface area contributed by atoms with Gasteiger partial charge in [0.1, 0.15) is 0 Å². The van der Waals surface area contributed by atoms with Crippen LogP contribution in [0.1, 0.15) is 41.4 Å². The molecule has 0 saturated heterocycles. The Bertz CT molecular complexity index is 488. The van der Waals surface area contributed by atoms with E-state index >= 15 is 0 Å². The molecule has 0 unspecified atom stereocenters. The molecule has 22 heavy (non-hydrogen) atoms. The molecule has 0 aliphatic rings. The molecule has 0 fully saturated rings. The van der Waals surface area contributed by atoms with Gasteiger partial charge in [-0.25, -0.2) is 0 Å². The first-order chi connectivity index (χ1) is 8.25. The van der Waals surface area contributed by atoms with Crippen molar-refractivity contribution in [1.29, 1.82) is 0 Å². The van der Waals surface area contributed by atoms with E-state index in [2.05, 4.69) is 0 Å². The molecule has 0 aliphatic carbocycles. The molecule has 1 aromatic carbocycles. The van der Waals surface area contributed by atoms with Crippen LogP contribution in [-0.2, 0) is 0 Å². The number of carboxylic acid groups (broad SMARTS) is 4. The normalized spacial score (nSPS) is 8.00. The minimum Gasteiger partial charge on any atom is -0.545 e. The second-order valence-corrected chi connectivity index (χ2v) is 3.09. The standard InChI is InChI=1S/C10H6O8.4Cs/c11-7(12)3-1-4(8(13)14)6(10(17)18)2-5(3)9(15)16;;;;/h1-2H,(H,11,12)(H,13,14)(H,15,16)(H,17,18);;;;/q;4*+1/p-4. The van der Waals surface area contributed by atoms with Crippen LogP contribution >= 0.6 is 0 Å². The number of aromatic carboxylic acids is 4. The van der Waals surface area contributed by atoms with Crippen LogP contribution in [0.5, 0.6) is 0 Å². The average molecular weight is 782 g/mol. The average Bonchev–Trinajstić information content (AvgIpc) is 2.26. The van der Waals surface area contributed by atoms with E-state index in [4.69, 9.17) is 0 Å². The molecule has 0 atom stereocenters. The van der Waals surface area contributed by atoms with E-state index in [-0.39, 0.29) is 276 Å². The first kappa shape index (κ1) is 34.8. The molecule has 12 heteroatoms. The summed E-state index contributed by atoms with van der Waals surface area (Å²) in [4.78, 5) is 42.4. The fourth-order valence-electron chi connectivity index (χ4n) is 1.28. The molecule has 0 amide bonds. The summed E-state index contributed by atoms with van der Waals surface area (Å²) in [5.74, 6) is -7.99.